The fourth-order valence-corrected chi connectivity index (χ4v) is 4.25. The van der Waals surface area contributed by atoms with Crippen molar-refractivity contribution in [1.29, 1.82) is 0 Å². The molecule has 2 N–H and O–H groups in total. The molecule has 0 bridgehead atoms. The maximum atomic E-state index is 13.3. The molecule has 5 nitrogen and oxygen atoms in total. The number of nitrogens with zero attached hydrogens (tertiary/aromatic N) is 1. The molecule has 0 spiro atoms. The highest BCUT2D eigenvalue weighted by atomic mass is 32.2. The minimum atomic E-state index is -2.96. The number of benzene rings is 1. The lowest BCUT2D eigenvalue weighted by molar-refractivity contribution is 0.505. The van der Waals surface area contributed by atoms with Gasteiger partial charge in [0, 0.05) is 25.0 Å². The summed E-state index contributed by atoms with van der Waals surface area (Å²) in [5.41, 5.74) is 0.664. The highest BCUT2D eigenvalue weighted by molar-refractivity contribution is 7.91. The summed E-state index contributed by atoms with van der Waals surface area (Å²) < 4.78 is 49.4. The van der Waals surface area contributed by atoms with E-state index in [4.69, 9.17) is 0 Å². The van der Waals surface area contributed by atoms with Crippen molar-refractivity contribution < 1.29 is 17.2 Å². The molecule has 0 amide bonds. The van der Waals surface area contributed by atoms with E-state index in [1.54, 1.807) is 6.07 Å². The SMILES string of the molecule is CCNC(=NCC(C)c1ccc(F)c(F)c1)NC1CCS(=O)(=O)C1. The molecule has 1 aliphatic heterocycles. The van der Waals surface area contributed by atoms with Crippen LogP contribution in [-0.2, 0) is 9.84 Å². The first-order valence-corrected chi connectivity index (χ1v) is 9.83. The number of hydrogen-bond acceptors (Lipinski definition) is 3. The highest BCUT2D eigenvalue weighted by Crippen LogP contribution is 2.18. The van der Waals surface area contributed by atoms with Crippen LogP contribution >= 0.6 is 0 Å². The summed E-state index contributed by atoms with van der Waals surface area (Å²) in [6.07, 6.45) is 0.561. The van der Waals surface area contributed by atoms with Gasteiger partial charge < -0.3 is 10.6 Å². The third-order valence-corrected chi connectivity index (χ3v) is 5.72. The van der Waals surface area contributed by atoms with E-state index in [1.165, 1.54) is 6.07 Å². The quantitative estimate of drug-likeness (QED) is 0.621. The zero-order chi connectivity index (χ0) is 17.7. The van der Waals surface area contributed by atoms with E-state index in [2.05, 4.69) is 15.6 Å². The molecule has 0 aliphatic carbocycles. The largest absolute Gasteiger partial charge is 0.357 e. The predicted octanol–water partition coefficient (Wildman–Crippen LogP) is 1.81. The first-order chi connectivity index (χ1) is 11.3. The maximum absolute atomic E-state index is 13.3. The van der Waals surface area contributed by atoms with Crippen LogP contribution in [0.5, 0.6) is 0 Å². The van der Waals surface area contributed by atoms with E-state index < -0.39 is 21.5 Å². The molecule has 1 heterocycles. The Kier molecular flexibility index (Phi) is 6.15. The normalized spacial score (nSPS) is 21.5. The van der Waals surface area contributed by atoms with Crippen LogP contribution in [0, 0.1) is 11.6 Å². The zero-order valence-electron chi connectivity index (χ0n) is 13.9. The number of nitrogens with one attached hydrogen (secondary N) is 2. The van der Waals surface area contributed by atoms with Gasteiger partial charge in [-0.05, 0) is 31.0 Å². The van der Waals surface area contributed by atoms with Gasteiger partial charge >= 0.3 is 0 Å². The molecule has 24 heavy (non-hydrogen) atoms. The Balaban J connectivity index is 2.00. The van der Waals surface area contributed by atoms with E-state index in [0.29, 0.717) is 31.0 Å². The van der Waals surface area contributed by atoms with Crippen LogP contribution < -0.4 is 10.6 Å². The zero-order valence-corrected chi connectivity index (χ0v) is 14.7. The molecule has 0 aromatic heterocycles. The molecule has 2 atom stereocenters. The monoisotopic (exact) mass is 359 g/mol. The van der Waals surface area contributed by atoms with Gasteiger partial charge in [-0.2, -0.15) is 0 Å². The van der Waals surface area contributed by atoms with Gasteiger partial charge in [0.25, 0.3) is 0 Å². The number of halogens is 2. The minimum Gasteiger partial charge on any atom is -0.357 e. The Morgan fingerprint density at radius 1 is 1.38 bits per heavy atom. The first kappa shape index (κ1) is 18.6. The van der Waals surface area contributed by atoms with Crippen LogP contribution in [0.4, 0.5) is 8.78 Å². The first-order valence-electron chi connectivity index (χ1n) is 8.01. The van der Waals surface area contributed by atoms with Crippen molar-refractivity contribution in [1.82, 2.24) is 10.6 Å². The van der Waals surface area contributed by atoms with Crippen LogP contribution in [0.1, 0.15) is 31.7 Å². The van der Waals surface area contributed by atoms with E-state index in [0.717, 1.165) is 6.07 Å². The standard InChI is InChI=1S/C16H23F2N3O2S/c1-3-19-16(21-13-6-7-24(22,23)10-13)20-9-11(2)12-4-5-14(17)15(18)8-12/h4-5,8,11,13H,3,6-7,9-10H2,1-2H3,(H2,19,20,21). The van der Waals surface area contributed by atoms with E-state index in [1.807, 2.05) is 13.8 Å². The second-order valence-electron chi connectivity index (χ2n) is 6.04. The van der Waals surface area contributed by atoms with E-state index in [-0.39, 0.29) is 23.5 Å². The highest BCUT2D eigenvalue weighted by Gasteiger charge is 2.28. The molecule has 1 aromatic rings. The molecule has 1 aliphatic rings. The van der Waals surface area contributed by atoms with Crippen LogP contribution in [0.3, 0.4) is 0 Å². The summed E-state index contributed by atoms with van der Waals surface area (Å²) >= 11 is 0. The summed E-state index contributed by atoms with van der Waals surface area (Å²) in [5, 5.41) is 6.20. The summed E-state index contributed by atoms with van der Waals surface area (Å²) in [4.78, 5) is 4.44. The lowest BCUT2D eigenvalue weighted by Crippen LogP contribution is -2.44. The number of sulfone groups is 1. The summed E-state index contributed by atoms with van der Waals surface area (Å²) in [7, 11) is -2.96. The fraction of sp³-hybridized carbons (Fsp3) is 0.562. The molecule has 1 saturated heterocycles. The number of hydrogen-bond donors (Lipinski definition) is 2. The van der Waals surface area contributed by atoms with Crippen molar-refractivity contribution in [3.8, 4) is 0 Å². The molecule has 0 saturated carbocycles. The van der Waals surface area contributed by atoms with Gasteiger partial charge in [-0.1, -0.05) is 13.0 Å². The second kappa shape index (κ2) is 7.92. The molecule has 1 fully saturated rings. The number of guanidine groups is 1. The van der Waals surface area contributed by atoms with Crippen LogP contribution in [0.15, 0.2) is 23.2 Å². The minimum absolute atomic E-state index is 0.0946. The topological polar surface area (TPSA) is 70.6 Å². The lowest BCUT2D eigenvalue weighted by atomic mass is 10.0. The third kappa shape index (κ3) is 5.15. The molecule has 0 radical (unpaired) electrons. The molecule has 2 unspecified atom stereocenters. The van der Waals surface area contributed by atoms with Crippen molar-refractivity contribution >= 4 is 15.8 Å². The Morgan fingerprint density at radius 3 is 2.71 bits per heavy atom. The molecule has 1 aromatic carbocycles. The van der Waals surface area contributed by atoms with Gasteiger partial charge in [-0.15, -0.1) is 0 Å². The smallest absolute Gasteiger partial charge is 0.191 e. The Labute approximate surface area is 141 Å². The molecule has 134 valence electrons. The van der Waals surface area contributed by atoms with Gasteiger partial charge in [0.15, 0.2) is 27.4 Å². The average molecular weight is 359 g/mol. The van der Waals surface area contributed by atoms with E-state index >= 15 is 0 Å². The van der Waals surface area contributed by atoms with Crippen molar-refractivity contribution in [2.24, 2.45) is 4.99 Å². The van der Waals surface area contributed by atoms with Gasteiger partial charge in [-0.3, -0.25) is 4.99 Å². The summed E-state index contributed by atoms with van der Waals surface area (Å²) in [6.45, 7) is 4.81. The number of rotatable bonds is 5. The Morgan fingerprint density at radius 2 is 2.12 bits per heavy atom. The summed E-state index contributed by atoms with van der Waals surface area (Å²) in [5.74, 6) is -1.00. The van der Waals surface area contributed by atoms with Crippen molar-refractivity contribution in [2.75, 3.05) is 24.6 Å². The Hall–Kier alpha value is -1.70. The van der Waals surface area contributed by atoms with Crippen molar-refractivity contribution in [3.63, 3.8) is 0 Å². The van der Waals surface area contributed by atoms with Gasteiger partial charge in [0.1, 0.15) is 0 Å². The lowest BCUT2D eigenvalue weighted by Gasteiger charge is -2.17. The Bertz CT molecular complexity index is 707. The van der Waals surface area contributed by atoms with Crippen molar-refractivity contribution in [3.05, 3.63) is 35.4 Å². The molecule has 2 rings (SSSR count). The van der Waals surface area contributed by atoms with Crippen molar-refractivity contribution in [2.45, 2.75) is 32.2 Å². The third-order valence-electron chi connectivity index (χ3n) is 3.95. The average Bonchev–Trinajstić information content (AvgIpc) is 2.86. The maximum Gasteiger partial charge on any atom is 0.191 e. The second-order valence-corrected chi connectivity index (χ2v) is 8.27. The number of aliphatic imine (C=N–C) groups is 1. The van der Waals surface area contributed by atoms with Gasteiger partial charge in [-0.25, -0.2) is 17.2 Å². The van der Waals surface area contributed by atoms with Gasteiger partial charge in [0.2, 0.25) is 0 Å². The van der Waals surface area contributed by atoms with Gasteiger partial charge in [0.05, 0.1) is 11.5 Å². The van der Waals surface area contributed by atoms with Crippen LogP contribution in [0.25, 0.3) is 0 Å². The van der Waals surface area contributed by atoms with E-state index in [9.17, 15) is 17.2 Å². The summed E-state index contributed by atoms with van der Waals surface area (Å²) in [6, 6.07) is 3.69. The predicted molar refractivity (Wildman–Crippen MR) is 90.9 cm³/mol. The van der Waals surface area contributed by atoms with Crippen LogP contribution in [-0.4, -0.2) is 45.0 Å². The van der Waals surface area contributed by atoms with Crippen LogP contribution in [0.2, 0.25) is 0 Å². The fourth-order valence-electron chi connectivity index (χ4n) is 2.57. The molecular weight excluding hydrogens is 336 g/mol. The molecular formula is C16H23F2N3O2S. The molecule has 8 heteroatoms.